The first kappa shape index (κ1) is 16.7. The van der Waals surface area contributed by atoms with Crippen molar-refractivity contribution in [3.8, 4) is 11.1 Å². The second kappa shape index (κ2) is 6.20. The summed E-state index contributed by atoms with van der Waals surface area (Å²) < 4.78 is 29.9. The summed E-state index contributed by atoms with van der Waals surface area (Å²) in [7, 11) is 0. The molecule has 3 heterocycles. The molecule has 3 aromatic rings. The molecule has 1 saturated heterocycles. The van der Waals surface area contributed by atoms with Crippen LogP contribution in [0.15, 0.2) is 30.6 Å². The van der Waals surface area contributed by atoms with Gasteiger partial charge >= 0.3 is 0 Å². The summed E-state index contributed by atoms with van der Waals surface area (Å²) in [6, 6.07) is 4.50. The van der Waals surface area contributed by atoms with Crippen molar-refractivity contribution in [1.82, 2.24) is 14.5 Å². The van der Waals surface area contributed by atoms with Crippen molar-refractivity contribution in [3.63, 3.8) is 0 Å². The van der Waals surface area contributed by atoms with Crippen molar-refractivity contribution >= 4 is 16.9 Å². The molecule has 26 heavy (non-hydrogen) atoms. The molecule has 6 heteroatoms. The topological polar surface area (TPSA) is 38.1 Å². The van der Waals surface area contributed by atoms with Crippen molar-refractivity contribution in [2.45, 2.75) is 26.8 Å². The molecule has 1 aromatic carbocycles. The van der Waals surface area contributed by atoms with Crippen LogP contribution < -0.4 is 0 Å². The van der Waals surface area contributed by atoms with Crippen molar-refractivity contribution in [3.05, 3.63) is 53.4 Å². The lowest BCUT2D eigenvalue weighted by Gasteiger charge is -2.31. The molecule has 1 aliphatic heterocycles. The highest BCUT2D eigenvalue weighted by Crippen LogP contribution is 2.29. The highest BCUT2D eigenvalue weighted by Gasteiger charge is 2.21. The molecule has 0 atom stereocenters. The fourth-order valence-electron chi connectivity index (χ4n) is 3.31. The Balaban J connectivity index is 1.78. The number of carbonyl (C=O) groups excluding carboxylic acids is 1. The Morgan fingerprint density at radius 2 is 2.00 bits per heavy atom. The molecule has 0 aliphatic carbocycles. The predicted octanol–water partition coefficient (Wildman–Crippen LogP) is 3.83. The zero-order valence-corrected chi connectivity index (χ0v) is 14.7. The van der Waals surface area contributed by atoms with Crippen LogP contribution in [0.5, 0.6) is 0 Å². The fraction of sp³-hybridized carbons (Fsp3) is 0.300. The average Bonchev–Trinajstić information content (AvgIpc) is 2.86. The number of hydrogen-bond acceptors (Lipinski definition) is 2. The molecule has 0 radical (unpaired) electrons. The van der Waals surface area contributed by atoms with Crippen LogP contribution >= 0.6 is 0 Å². The molecule has 4 rings (SSSR count). The fourth-order valence-corrected chi connectivity index (χ4v) is 3.31. The second-order valence-corrected chi connectivity index (χ2v) is 6.80. The van der Waals surface area contributed by atoms with Gasteiger partial charge in [-0.1, -0.05) is 0 Å². The van der Waals surface area contributed by atoms with Crippen molar-refractivity contribution in [2.75, 3.05) is 13.1 Å². The van der Waals surface area contributed by atoms with Crippen LogP contribution in [0.4, 0.5) is 8.78 Å². The second-order valence-electron chi connectivity index (χ2n) is 6.80. The Labute approximate surface area is 150 Å². The Morgan fingerprint density at radius 3 is 2.69 bits per heavy atom. The smallest absolute Gasteiger partial charge is 0.242 e. The van der Waals surface area contributed by atoms with Crippen LogP contribution in [0.2, 0.25) is 0 Å². The highest BCUT2D eigenvalue weighted by atomic mass is 19.1. The van der Waals surface area contributed by atoms with Gasteiger partial charge in [-0.25, -0.2) is 8.78 Å². The molecule has 0 bridgehead atoms. The number of likely N-dealkylation sites (tertiary alicyclic amines) is 1. The minimum absolute atomic E-state index is 0.0119. The Bertz CT molecular complexity index is 1020. The summed E-state index contributed by atoms with van der Waals surface area (Å²) in [5.74, 6) is -1.08. The van der Waals surface area contributed by atoms with Crippen molar-refractivity contribution in [2.24, 2.45) is 0 Å². The van der Waals surface area contributed by atoms with Crippen LogP contribution in [-0.4, -0.2) is 33.4 Å². The number of carbonyl (C=O) groups is 1. The molecule has 0 spiro atoms. The highest BCUT2D eigenvalue weighted by molar-refractivity contribution is 5.86. The average molecular weight is 355 g/mol. The van der Waals surface area contributed by atoms with Gasteiger partial charge in [-0.15, -0.1) is 0 Å². The van der Waals surface area contributed by atoms with Gasteiger partial charge < -0.3 is 9.47 Å². The summed E-state index contributed by atoms with van der Waals surface area (Å²) >= 11 is 0. The normalized spacial score (nSPS) is 13.9. The summed E-state index contributed by atoms with van der Waals surface area (Å²) in [6.07, 6.45) is 4.53. The Morgan fingerprint density at radius 1 is 1.23 bits per heavy atom. The van der Waals surface area contributed by atoms with E-state index in [0.29, 0.717) is 11.1 Å². The predicted molar refractivity (Wildman–Crippen MR) is 95.8 cm³/mol. The van der Waals surface area contributed by atoms with E-state index in [1.165, 1.54) is 19.1 Å². The van der Waals surface area contributed by atoms with Gasteiger partial charge in [-0.3, -0.25) is 9.78 Å². The summed E-state index contributed by atoms with van der Waals surface area (Å²) in [4.78, 5) is 18.6. The third-order valence-corrected chi connectivity index (χ3v) is 5.05. The van der Waals surface area contributed by atoms with E-state index >= 15 is 0 Å². The van der Waals surface area contributed by atoms with Gasteiger partial charge in [-0.05, 0) is 44.0 Å². The number of aromatic nitrogens is 2. The van der Waals surface area contributed by atoms with Gasteiger partial charge in [0.2, 0.25) is 5.91 Å². The maximum atomic E-state index is 14.5. The monoisotopic (exact) mass is 355 g/mol. The molecular weight excluding hydrogens is 336 g/mol. The first-order chi connectivity index (χ1) is 12.5. The molecule has 134 valence electrons. The maximum Gasteiger partial charge on any atom is 0.242 e. The number of rotatable bonds is 3. The van der Waals surface area contributed by atoms with E-state index in [-0.39, 0.29) is 18.0 Å². The largest absolute Gasteiger partial charge is 0.341 e. The lowest BCUT2D eigenvalue weighted by molar-refractivity contribution is -0.135. The van der Waals surface area contributed by atoms with Crippen LogP contribution in [0.25, 0.3) is 22.2 Å². The molecule has 1 fully saturated rings. The van der Waals surface area contributed by atoms with E-state index in [4.69, 9.17) is 0 Å². The summed E-state index contributed by atoms with van der Waals surface area (Å²) in [6.45, 7) is 5.20. The van der Waals surface area contributed by atoms with E-state index in [1.54, 1.807) is 6.20 Å². The van der Waals surface area contributed by atoms with E-state index in [2.05, 4.69) is 4.98 Å². The summed E-state index contributed by atoms with van der Waals surface area (Å²) in [5.41, 5.74) is 3.37. The van der Waals surface area contributed by atoms with Gasteiger partial charge in [0.15, 0.2) is 0 Å². The number of halogens is 2. The van der Waals surface area contributed by atoms with Crippen LogP contribution in [0.1, 0.15) is 17.5 Å². The molecule has 2 aromatic heterocycles. The molecule has 0 saturated carbocycles. The van der Waals surface area contributed by atoms with E-state index in [1.807, 2.05) is 28.7 Å². The van der Waals surface area contributed by atoms with Gasteiger partial charge in [-0.2, -0.15) is 0 Å². The molecule has 1 aliphatic rings. The van der Waals surface area contributed by atoms with Gasteiger partial charge in [0, 0.05) is 42.2 Å². The lowest BCUT2D eigenvalue weighted by atomic mass is 10.0. The maximum absolute atomic E-state index is 14.5. The van der Waals surface area contributed by atoms with Crippen molar-refractivity contribution < 1.29 is 13.6 Å². The van der Waals surface area contributed by atoms with E-state index in [0.717, 1.165) is 36.1 Å². The number of amides is 1. The molecular formula is C20H19F2N3O. The number of aryl methyl sites for hydroxylation is 1. The van der Waals surface area contributed by atoms with E-state index in [9.17, 15) is 13.6 Å². The van der Waals surface area contributed by atoms with Crippen molar-refractivity contribution in [1.29, 1.82) is 0 Å². The van der Waals surface area contributed by atoms with Gasteiger partial charge in [0.25, 0.3) is 0 Å². The van der Waals surface area contributed by atoms with Crippen LogP contribution in [0, 0.1) is 25.5 Å². The third-order valence-electron chi connectivity index (χ3n) is 5.05. The first-order valence-electron chi connectivity index (χ1n) is 8.64. The lowest BCUT2D eigenvalue weighted by Crippen LogP contribution is -2.43. The first-order valence-corrected chi connectivity index (χ1v) is 8.64. The number of nitrogens with zero attached hydrogens (tertiary/aromatic N) is 3. The molecule has 0 unspecified atom stereocenters. The van der Waals surface area contributed by atoms with Crippen LogP contribution in [0.3, 0.4) is 0 Å². The minimum atomic E-state index is -0.586. The number of benzene rings is 1. The number of pyridine rings is 1. The summed E-state index contributed by atoms with van der Waals surface area (Å²) in [5, 5.41) is 0. The third kappa shape index (κ3) is 2.66. The van der Waals surface area contributed by atoms with E-state index < -0.39 is 11.6 Å². The van der Waals surface area contributed by atoms with Crippen LogP contribution in [-0.2, 0) is 11.3 Å². The minimum Gasteiger partial charge on any atom is -0.341 e. The SMILES string of the molecule is Cc1c(F)ccc(-c2cnc3c(C)cn(CC(=O)N4CCC4)c3c2)c1F. The molecule has 1 amide bonds. The van der Waals surface area contributed by atoms with Gasteiger partial charge in [0.05, 0.1) is 11.0 Å². The number of fused-ring (bicyclic) bond motifs is 1. The van der Waals surface area contributed by atoms with Gasteiger partial charge in [0.1, 0.15) is 18.2 Å². The molecule has 4 nitrogen and oxygen atoms in total. The standard InChI is InChI=1S/C20H19F2N3O/c1-12-10-25(11-18(26)24-6-3-7-24)17-8-14(9-23-20(12)17)15-4-5-16(21)13(2)19(15)22/h4-5,8-10H,3,6-7,11H2,1-2H3. The number of hydrogen-bond donors (Lipinski definition) is 0. The molecule has 0 N–H and O–H groups in total. The Kier molecular flexibility index (Phi) is 3.98. The zero-order valence-electron chi connectivity index (χ0n) is 14.7. The quantitative estimate of drug-likeness (QED) is 0.716. The zero-order chi connectivity index (χ0) is 18.4. The Hall–Kier alpha value is -2.76.